The number of hydrogen-bond donors (Lipinski definition) is 1. The second kappa shape index (κ2) is 6.89. The van der Waals surface area contributed by atoms with Crippen LogP contribution >= 0.6 is 0 Å². The molecule has 1 aliphatic carbocycles. The Morgan fingerprint density at radius 3 is 3.00 bits per heavy atom. The van der Waals surface area contributed by atoms with Crippen LogP contribution in [-0.4, -0.2) is 44.2 Å². The van der Waals surface area contributed by atoms with Crippen molar-refractivity contribution in [3.63, 3.8) is 0 Å². The second-order valence-corrected chi connectivity index (χ2v) is 6.64. The molecule has 1 N–H and O–H groups in total. The summed E-state index contributed by atoms with van der Waals surface area (Å²) in [7, 11) is 1.36. The molecule has 1 fully saturated rings. The number of nitrogens with one attached hydrogen (secondary N) is 1. The largest absolute Gasteiger partial charge is 0.479 e. The highest BCUT2D eigenvalue weighted by molar-refractivity contribution is 5.79. The lowest BCUT2D eigenvalue weighted by atomic mass is 9.84. The zero-order valence-corrected chi connectivity index (χ0v) is 14.6. The lowest BCUT2D eigenvalue weighted by Crippen LogP contribution is -2.43. The SMILES string of the molecule is COc1nc(NCc2cc3n(n2)CCN(C(=O)C2CCC2)C3)ncc1F. The Morgan fingerprint density at radius 2 is 2.27 bits per heavy atom. The van der Waals surface area contributed by atoms with Crippen molar-refractivity contribution in [3.8, 4) is 5.88 Å². The summed E-state index contributed by atoms with van der Waals surface area (Å²) in [5, 5.41) is 7.57. The highest BCUT2D eigenvalue weighted by Crippen LogP contribution is 2.29. The van der Waals surface area contributed by atoms with Crippen LogP contribution in [0, 0.1) is 11.7 Å². The van der Waals surface area contributed by atoms with Gasteiger partial charge in [0.15, 0.2) is 0 Å². The van der Waals surface area contributed by atoms with Crippen LogP contribution in [0.2, 0.25) is 0 Å². The number of halogens is 1. The number of carbonyl (C=O) groups excluding carboxylic acids is 1. The lowest BCUT2D eigenvalue weighted by molar-refractivity contribution is -0.139. The van der Waals surface area contributed by atoms with Gasteiger partial charge in [-0.1, -0.05) is 6.42 Å². The van der Waals surface area contributed by atoms with Crippen molar-refractivity contribution in [2.45, 2.75) is 38.9 Å². The maximum Gasteiger partial charge on any atom is 0.255 e. The van der Waals surface area contributed by atoms with Gasteiger partial charge in [-0.3, -0.25) is 9.48 Å². The fourth-order valence-electron chi connectivity index (χ4n) is 3.26. The first-order chi connectivity index (χ1) is 12.6. The normalized spacial score (nSPS) is 16.8. The molecule has 1 amide bonds. The third-order valence-electron chi connectivity index (χ3n) is 4.95. The van der Waals surface area contributed by atoms with Gasteiger partial charge in [0.05, 0.1) is 44.3 Å². The van der Waals surface area contributed by atoms with E-state index in [-0.39, 0.29) is 23.7 Å². The quantitative estimate of drug-likeness (QED) is 0.871. The first-order valence-electron chi connectivity index (χ1n) is 8.79. The summed E-state index contributed by atoms with van der Waals surface area (Å²) >= 11 is 0. The van der Waals surface area contributed by atoms with E-state index in [1.165, 1.54) is 7.11 Å². The Bertz CT molecular complexity index is 820. The van der Waals surface area contributed by atoms with E-state index >= 15 is 0 Å². The maximum absolute atomic E-state index is 13.4. The molecule has 2 aromatic rings. The molecular weight excluding hydrogens is 339 g/mol. The van der Waals surface area contributed by atoms with Crippen LogP contribution < -0.4 is 10.1 Å². The molecule has 0 radical (unpaired) electrons. The number of amides is 1. The number of anilines is 1. The number of methoxy groups -OCH3 is 1. The molecule has 0 unspecified atom stereocenters. The average molecular weight is 360 g/mol. The monoisotopic (exact) mass is 360 g/mol. The standard InChI is InChI=1S/C17H21FN6O2/c1-26-15-14(18)9-20-17(21-15)19-8-12-7-13-10-23(5-6-24(13)22-12)16(25)11-3-2-4-11/h7,9,11H,2-6,8,10H2,1H3,(H,19,20,21). The van der Waals surface area contributed by atoms with Crippen molar-refractivity contribution < 1.29 is 13.9 Å². The Labute approximate surface area is 150 Å². The van der Waals surface area contributed by atoms with Crippen LogP contribution in [0.3, 0.4) is 0 Å². The molecule has 0 saturated heterocycles. The van der Waals surface area contributed by atoms with Gasteiger partial charge in [0.1, 0.15) is 0 Å². The molecule has 3 heterocycles. The maximum atomic E-state index is 13.4. The summed E-state index contributed by atoms with van der Waals surface area (Å²) in [6.07, 6.45) is 4.26. The van der Waals surface area contributed by atoms with Crippen molar-refractivity contribution in [1.82, 2.24) is 24.6 Å². The van der Waals surface area contributed by atoms with E-state index in [0.717, 1.165) is 36.8 Å². The molecule has 4 rings (SSSR count). The summed E-state index contributed by atoms with van der Waals surface area (Å²) in [6.45, 7) is 2.42. The molecule has 8 nitrogen and oxygen atoms in total. The van der Waals surface area contributed by atoms with Gasteiger partial charge in [-0.2, -0.15) is 14.5 Å². The van der Waals surface area contributed by atoms with E-state index in [9.17, 15) is 9.18 Å². The van der Waals surface area contributed by atoms with Gasteiger partial charge < -0.3 is 15.0 Å². The van der Waals surface area contributed by atoms with Gasteiger partial charge in [-0.15, -0.1) is 0 Å². The Morgan fingerprint density at radius 1 is 1.42 bits per heavy atom. The van der Waals surface area contributed by atoms with Crippen LogP contribution in [0.4, 0.5) is 10.3 Å². The van der Waals surface area contributed by atoms with Crippen molar-refractivity contribution in [3.05, 3.63) is 29.5 Å². The van der Waals surface area contributed by atoms with E-state index in [1.807, 2.05) is 15.6 Å². The van der Waals surface area contributed by atoms with E-state index < -0.39 is 5.82 Å². The number of carbonyl (C=O) groups is 1. The minimum Gasteiger partial charge on any atom is -0.479 e. The summed E-state index contributed by atoms with van der Waals surface area (Å²) in [4.78, 5) is 22.2. The predicted molar refractivity (Wildman–Crippen MR) is 90.9 cm³/mol. The van der Waals surface area contributed by atoms with E-state index in [2.05, 4.69) is 20.4 Å². The first kappa shape index (κ1) is 16.7. The molecule has 2 aliphatic rings. The molecule has 0 atom stereocenters. The topological polar surface area (TPSA) is 85.2 Å². The van der Waals surface area contributed by atoms with Crippen LogP contribution in [0.15, 0.2) is 12.3 Å². The third-order valence-corrected chi connectivity index (χ3v) is 4.95. The average Bonchev–Trinajstić information content (AvgIpc) is 3.01. The van der Waals surface area contributed by atoms with Crippen molar-refractivity contribution in [2.24, 2.45) is 5.92 Å². The minimum atomic E-state index is -0.605. The molecule has 1 aliphatic heterocycles. The van der Waals surface area contributed by atoms with Crippen molar-refractivity contribution >= 4 is 11.9 Å². The highest BCUT2D eigenvalue weighted by Gasteiger charge is 2.31. The zero-order chi connectivity index (χ0) is 18.1. The van der Waals surface area contributed by atoms with Crippen LogP contribution in [0.5, 0.6) is 5.88 Å². The lowest BCUT2D eigenvalue weighted by Gasteiger charge is -2.34. The van der Waals surface area contributed by atoms with Gasteiger partial charge in [0.25, 0.3) is 5.88 Å². The molecule has 138 valence electrons. The number of rotatable bonds is 5. The van der Waals surface area contributed by atoms with Gasteiger partial charge in [0, 0.05) is 12.5 Å². The van der Waals surface area contributed by atoms with Crippen LogP contribution in [0.1, 0.15) is 30.7 Å². The predicted octanol–water partition coefficient (Wildman–Crippen LogP) is 1.58. The van der Waals surface area contributed by atoms with E-state index in [1.54, 1.807) is 0 Å². The molecule has 0 aromatic carbocycles. The van der Waals surface area contributed by atoms with Crippen molar-refractivity contribution in [2.75, 3.05) is 19.0 Å². The molecule has 2 aromatic heterocycles. The number of fused-ring (bicyclic) bond motifs is 1. The van der Waals surface area contributed by atoms with Crippen molar-refractivity contribution in [1.29, 1.82) is 0 Å². The summed E-state index contributed by atoms with van der Waals surface area (Å²) in [5.41, 5.74) is 1.85. The van der Waals surface area contributed by atoms with Gasteiger partial charge in [0.2, 0.25) is 17.7 Å². The van der Waals surface area contributed by atoms with Crippen LogP contribution in [0.25, 0.3) is 0 Å². The smallest absolute Gasteiger partial charge is 0.255 e. The number of nitrogens with zero attached hydrogens (tertiary/aromatic N) is 5. The fourth-order valence-corrected chi connectivity index (χ4v) is 3.26. The molecule has 9 heteroatoms. The molecule has 0 bridgehead atoms. The zero-order valence-electron chi connectivity index (χ0n) is 14.6. The van der Waals surface area contributed by atoms with Gasteiger partial charge in [-0.25, -0.2) is 4.98 Å². The van der Waals surface area contributed by atoms with E-state index in [4.69, 9.17) is 4.74 Å². The number of aromatic nitrogens is 4. The molecular formula is C17H21FN6O2. The second-order valence-electron chi connectivity index (χ2n) is 6.64. The summed E-state index contributed by atoms with van der Waals surface area (Å²) in [6, 6.07) is 1.98. The molecule has 1 saturated carbocycles. The minimum absolute atomic E-state index is 0.100. The molecule has 26 heavy (non-hydrogen) atoms. The van der Waals surface area contributed by atoms with E-state index in [0.29, 0.717) is 26.2 Å². The Hall–Kier alpha value is -2.71. The fraction of sp³-hybridized carbons (Fsp3) is 0.529. The third kappa shape index (κ3) is 3.21. The number of hydrogen-bond acceptors (Lipinski definition) is 6. The van der Waals surface area contributed by atoms with Gasteiger partial charge >= 0.3 is 0 Å². The molecule has 0 spiro atoms. The van der Waals surface area contributed by atoms with Crippen LogP contribution in [-0.2, 0) is 24.4 Å². The number of ether oxygens (including phenoxy) is 1. The first-order valence-corrected chi connectivity index (χ1v) is 8.79. The Balaban J connectivity index is 1.39. The Kier molecular flexibility index (Phi) is 4.44. The van der Waals surface area contributed by atoms with Gasteiger partial charge in [-0.05, 0) is 18.9 Å². The highest BCUT2D eigenvalue weighted by atomic mass is 19.1. The summed E-state index contributed by atoms with van der Waals surface area (Å²) < 4.78 is 20.1. The summed E-state index contributed by atoms with van der Waals surface area (Å²) in [5.74, 6) is 0.0610.